The molecule has 3 aromatic rings. The van der Waals surface area contributed by atoms with Crippen LogP contribution in [-0.4, -0.2) is 45.9 Å². The van der Waals surface area contributed by atoms with E-state index in [4.69, 9.17) is 16.6 Å². The zero-order chi connectivity index (χ0) is 19.2. The van der Waals surface area contributed by atoms with Crippen LogP contribution >= 0.6 is 11.6 Å². The SMILES string of the molecule is CC(C)(C)n1ncc2c(=O)[nH]c(N3CCN(c4ccc(Cl)cc4)CC3)nc21. The lowest BCUT2D eigenvalue weighted by atomic mass is 10.1. The number of H-pyrrole nitrogens is 1. The molecule has 0 saturated carbocycles. The minimum atomic E-state index is -0.243. The van der Waals surface area contributed by atoms with Gasteiger partial charge in [-0.2, -0.15) is 10.1 Å². The zero-order valence-electron chi connectivity index (χ0n) is 15.7. The molecule has 0 aliphatic carbocycles. The van der Waals surface area contributed by atoms with Crippen molar-refractivity contribution in [3.8, 4) is 0 Å². The first-order valence-electron chi connectivity index (χ1n) is 9.07. The van der Waals surface area contributed by atoms with Crippen LogP contribution in [0.2, 0.25) is 5.02 Å². The van der Waals surface area contributed by atoms with E-state index < -0.39 is 0 Å². The van der Waals surface area contributed by atoms with Crippen molar-refractivity contribution in [2.45, 2.75) is 26.3 Å². The molecule has 1 aromatic carbocycles. The number of halogens is 1. The van der Waals surface area contributed by atoms with E-state index in [9.17, 15) is 4.79 Å². The van der Waals surface area contributed by atoms with Gasteiger partial charge in [0.05, 0.1) is 11.7 Å². The fourth-order valence-electron chi connectivity index (χ4n) is 3.38. The second kappa shape index (κ2) is 6.56. The van der Waals surface area contributed by atoms with Gasteiger partial charge in [-0.1, -0.05) is 11.6 Å². The number of aromatic amines is 1. The molecule has 0 unspecified atom stereocenters. The molecule has 3 heterocycles. The molecule has 7 nitrogen and oxygen atoms in total. The maximum absolute atomic E-state index is 12.5. The molecule has 142 valence electrons. The van der Waals surface area contributed by atoms with Crippen LogP contribution in [0.4, 0.5) is 11.6 Å². The second-order valence-corrected chi connectivity index (χ2v) is 8.24. The van der Waals surface area contributed by atoms with Gasteiger partial charge in [-0.15, -0.1) is 0 Å². The van der Waals surface area contributed by atoms with Crippen LogP contribution in [0.3, 0.4) is 0 Å². The first kappa shape index (κ1) is 17.9. The Balaban J connectivity index is 1.58. The third kappa shape index (κ3) is 3.39. The number of fused-ring (bicyclic) bond motifs is 1. The summed E-state index contributed by atoms with van der Waals surface area (Å²) in [6, 6.07) is 7.88. The molecule has 1 aliphatic rings. The normalized spacial score (nSPS) is 15.6. The van der Waals surface area contributed by atoms with E-state index in [1.54, 1.807) is 6.20 Å². The van der Waals surface area contributed by atoms with Crippen molar-refractivity contribution in [3.05, 3.63) is 45.8 Å². The lowest BCUT2D eigenvalue weighted by molar-refractivity contribution is 0.366. The molecule has 4 rings (SSSR count). The van der Waals surface area contributed by atoms with Gasteiger partial charge in [0.2, 0.25) is 5.95 Å². The van der Waals surface area contributed by atoms with Gasteiger partial charge in [-0.25, -0.2) is 4.68 Å². The lowest BCUT2D eigenvalue weighted by Crippen LogP contribution is -2.47. The Hall–Kier alpha value is -2.54. The van der Waals surface area contributed by atoms with Crippen LogP contribution in [0.5, 0.6) is 0 Å². The van der Waals surface area contributed by atoms with E-state index in [0.717, 1.165) is 36.9 Å². The molecule has 1 fully saturated rings. The molecular formula is C19H23ClN6O. The quantitative estimate of drug-likeness (QED) is 0.733. The number of hydrogen-bond donors (Lipinski definition) is 1. The minimum absolute atomic E-state index is 0.148. The molecule has 2 aromatic heterocycles. The van der Waals surface area contributed by atoms with Crippen molar-refractivity contribution >= 4 is 34.3 Å². The molecule has 8 heteroatoms. The van der Waals surface area contributed by atoms with Crippen LogP contribution in [0.25, 0.3) is 11.0 Å². The van der Waals surface area contributed by atoms with E-state index in [1.807, 2.05) is 49.7 Å². The Morgan fingerprint density at radius 1 is 1.04 bits per heavy atom. The number of hydrogen-bond acceptors (Lipinski definition) is 5. The average Bonchev–Trinajstić information content (AvgIpc) is 3.07. The van der Waals surface area contributed by atoms with Crippen LogP contribution in [-0.2, 0) is 5.54 Å². The number of nitrogens with zero attached hydrogens (tertiary/aromatic N) is 5. The molecule has 0 atom stereocenters. The average molecular weight is 387 g/mol. The zero-order valence-corrected chi connectivity index (χ0v) is 16.5. The Bertz CT molecular complexity index is 1010. The van der Waals surface area contributed by atoms with E-state index in [1.165, 1.54) is 0 Å². The summed E-state index contributed by atoms with van der Waals surface area (Å²) >= 11 is 5.98. The highest BCUT2D eigenvalue weighted by molar-refractivity contribution is 6.30. The van der Waals surface area contributed by atoms with Gasteiger partial charge in [0.25, 0.3) is 5.56 Å². The van der Waals surface area contributed by atoms with Crippen molar-refractivity contribution < 1.29 is 0 Å². The highest BCUT2D eigenvalue weighted by Crippen LogP contribution is 2.22. The molecule has 27 heavy (non-hydrogen) atoms. The Morgan fingerprint density at radius 3 is 2.30 bits per heavy atom. The third-order valence-electron chi connectivity index (χ3n) is 4.83. The number of piperazine rings is 1. The predicted molar refractivity (Wildman–Crippen MR) is 109 cm³/mol. The molecule has 0 bridgehead atoms. The van der Waals surface area contributed by atoms with Gasteiger partial charge < -0.3 is 9.80 Å². The van der Waals surface area contributed by atoms with Crippen LogP contribution in [0.15, 0.2) is 35.3 Å². The lowest BCUT2D eigenvalue weighted by Gasteiger charge is -2.36. The number of rotatable bonds is 2. The first-order valence-corrected chi connectivity index (χ1v) is 9.45. The van der Waals surface area contributed by atoms with E-state index in [2.05, 4.69) is 19.9 Å². The maximum Gasteiger partial charge on any atom is 0.263 e. The fraction of sp³-hybridized carbons (Fsp3) is 0.421. The summed E-state index contributed by atoms with van der Waals surface area (Å²) in [7, 11) is 0. The minimum Gasteiger partial charge on any atom is -0.368 e. The molecule has 1 aliphatic heterocycles. The summed E-state index contributed by atoms with van der Waals surface area (Å²) < 4.78 is 1.81. The standard InChI is InChI=1S/C19H23ClN6O/c1-19(2,3)26-16-15(12-21-26)17(27)23-18(22-16)25-10-8-24(9-11-25)14-6-4-13(20)5-7-14/h4-7,12H,8-11H2,1-3H3,(H,22,23,27). The van der Waals surface area contributed by atoms with E-state index in [-0.39, 0.29) is 11.1 Å². The summed E-state index contributed by atoms with van der Waals surface area (Å²) in [4.78, 5) is 24.6. The number of nitrogens with one attached hydrogen (secondary N) is 1. The molecule has 1 N–H and O–H groups in total. The van der Waals surface area contributed by atoms with Crippen molar-refractivity contribution in [1.29, 1.82) is 0 Å². The highest BCUT2D eigenvalue weighted by Gasteiger charge is 2.23. The topological polar surface area (TPSA) is 70.1 Å². The molecule has 0 radical (unpaired) electrons. The van der Waals surface area contributed by atoms with Gasteiger partial charge in [0.1, 0.15) is 5.39 Å². The number of benzene rings is 1. The van der Waals surface area contributed by atoms with Gasteiger partial charge in [-0.3, -0.25) is 9.78 Å². The smallest absolute Gasteiger partial charge is 0.263 e. The van der Waals surface area contributed by atoms with Gasteiger partial charge >= 0.3 is 0 Å². The fourth-order valence-corrected chi connectivity index (χ4v) is 3.50. The van der Waals surface area contributed by atoms with Gasteiger partial charge in [-0.05, 0) is 45.0 Å². The molecule has 0 amide bonds. The highest BCUT2D eigenvalue weighted by atomic mass is 35.5. The monoisotopic (exact) mass is 386 g/mol. The van der Waals surface area contributed by atoms with E-state index >= 15 is 0 Å². The summed E-state index contributed by atoms with van der Waals surface area (Å²) in [6.45, 7) is 9.40. The van der Waals surface area contributed by atoms with Crippen LogP contribution in [0.1, 0.15) is 20.8 Å². The van der Waals surface area contributed by atoms with Crippen LogP contribution in [0, 0.1) is 0 Å². The van der Waals surface area contributed by atoms with Crippen molar-refractivity contribution in [2.24, 2.45) is 0 Å². The summed E-state index contributed by atoms with van der Waals surface area (Å²) in [6.07, 6.45) is 1.59. The predicted octanol–water partition coefficient (Wildman–Crippen LogP) is 2.85. The van der Waals surface area contributed by atoms with Crippen LogP contribution < -0.4 is 15.4 Å². The van der Waals surface area contributed by atoms with Gasteiger partial charge in [0, 0.05) is 36.9 Å². The summed E-state index contributed by atoms with van der Waals surface area (Å²) in [5.41, 5.74) is 1.39. The largest absolute Gasteiger partial charge is 0.368 e. The molecule has 0 spiro atoms. The molecule has 1 saturated heterocycles. The summed E-state index contributed by atoms with van der Waals surface area (Å²) in [5, 5.41) is 5.63. The second-order valence-electron chi connectivity index (χ2n) is 7.80. The van der Waals surface area contributed by atoms with Crippen molar-refractivity contribution in [2.75, 3.05) is 36.0 Å². The Kier molecular flexibility index (Phi) is 4.34. The Morgan fingerprint density at radius 2 is 1.67 bits per heavy atom. The van der Waals surface area contributed by atoms with Crippen molar-refractivity contribution in [3.63, 3.8) is 0 Å². The first-order chi connectivity index (χ1) is 12.8. The van der Waals surface area contributed by atoms with E-state index in [0.29, 0.717) is 17.0 Å². The summed E-state index contributed by atoms with van der Waals surface area (Å²) in [5.74, 6) is 0.606. The molecular weight excluding hydrogens is 364 g/mol. The number of anilines is 2. The number of aromatic nitrogens is 4. The third-order valence-corrected chi connectivity index (χ3v) is 5.08. The van der Waals surface area contributed by atoms with Crippen molar-refractivity contribution in [1.82, 2.24) is 19.7 Å². The van der Waals surface area contributed by atoms with Gasteiger partial charge in [0.15, 0.2) is 5.65 Å². The Labute approximate surface area is 162 Å². The maximum atomic E-state index is 12.5.